The summed E-state index contributed by atoms with van der Waals surface area (Å²) in [5, 5.41) is 7.31. The van der Waals surface area contributed by atoms with Gasteiger partial charge in [0.1, 0.15) is 0 Å². The van der Waals surface area contributed by atoms with Crippen LogP contribution in [0.4, 0.5) is 0 Å². The average molecular weight is 402 g/mol. The highest BCUT2D eigenvalue weighted by Gasteiger charge is 2.17. The van der Waals surface area contributed by atoms with E-state index in [0.717, 1.165) is 16.4 Å². The molecule has 1 atom stereocenters. The van der Waals surface area contributed by atoms with Gasteiger partial charge in [0.25, 0.3) is 0 Å². The zero-order valence-corrected chi connectivity index (χ0v) is 16.7. The molecule has 0 saturated heterocycles. The quantitative estimate of drug-likeness (QED) is 0.468. The van der Waals surface area contributed by atoms with Gasteiger partial charge in [-0.3, -0.25) is 4.79 Å². The number of carbonyl (C=O) groups excluding carboxylic acids is 1. The lowest BCUT2D eigenvalue weighted by Gasteiger charge is -2.10. The molecule has 0 spiro atoms. The first-order valence-corrected chi connectivity index (χ1v) is 10.4. The van der Waals surface area contributed by atoms with Gasteiger partial charge in [0.05, 0.1) is 10.9 Å². The number of aromatic nitrogens is 2. The SMILES string of the molecule is C[C@H](Sc1nn(-c2ccccc2)c(=S)s1)C(=O)NCCc1ccccc1. The summed E-state index contributed by atoms with van der Waals surface area (Å²) >= 11 is 8.26. The molecule has 1 aromatic heterocycles. The number of amides is 1. The van der Waals surface area contributed by atoms with E-state index in [1.807, 2.05) is 55.5 Å². The minimum absolute atomic E-state index is 0.0123. The van der Waals surface area contributed by atoms with Gasteiger partial charge in [-0.05, 0) is 43.3 Å². The number of thioether (sulfide) groups is 1. The molecule has 26 heavy (non-hydrogen) atoms. The predicted octanol–water partition coefficient (Wildman–Crippen LogP) is 4.50. The van der Waals surface area contributed by atoms with Crippen LogP contribution in [0.5, 0.6) is 0 Å². The molecule has 1 amide bonds. The molecule has 0 saturated carbocycles. The monoisotopic (exact) mass is 401 g/mol. The first-order chi connectivity index (χ1) is 12.6. The fourth-order valence-corrected chi connectivity index (χ4v) is 4.89. The van der Waals surface area contributed by atoms with Gasteiger partial charge in [0.2, 0.25) is 5.91 Å². The van der Waals surface area contributed by atoms with Crippen molar-refractivity contribution in [2.24, 2.45) is 0 Å². The molecule has 7 heteroatoms. The Labute approximate surface area is 166 Å². The lowest BCUT2D eigenvalue weighted by molar-refractivity contribution is -0.120. The van der Waals surface area contributed by atoms with Crippen LogP contribution in [0.1, 0.15) is 12.5 Å². The second-order valence-electron chi connectivity index (χ2n) is 5.67. The topological polar surface area (TPSA) is 46.9 Å². The Morgan fingerprint density at radius 3 is 2.54 bits per heavy atom. The van der Waals surface area contributed by atoms with Gasteiger partial charge < -0.3 is 5.32 Å². The maximum Gasteiger partial charge on any atom is 0.233 e. The lowest BCUT2D eigenvalue weighted by atomic mass is 10.1. The zero-order valence-electron chi connectivity index (χ0n) is 14.3. The Morgan fingerprint density at radius 1 is 1.19 bits per heavy atom. The molecule has 134 valence electrons. The predicted molar refractivity (Wildman–Crippen MR) is 111 cm³/mol. The maximum absolute atomic E-state index is 12.3. The molecule has 0 aliphatic carbocycles. The van der Waals surface area contributed by atoms with Crippen LogP contribution in [0.15, 0.2) is 65.0 Å². The van der Waals surface area contributed by atoms with Crippen molar-refractivity contribution in [3.8, 4) is 5.69 Å². The Hall–Kier alpha value is -1.96. The van der Waals surface area contributed by atoms with Crippen LogP contribution in [0, 0.1) is 3.95 Å². The minimum Gasteiger partial charge on any atom is -0.355 e. The molecule has 0 aliphatic heterocycles. The van der Waals surface area contributed by atoms with Crippen LogP contribution >= 0.6 is 35.3 Å². The molecule has 0 radical (unpaired) electrons. The summed E-state index contributed by atoms with van der Waals surface area (Å²) in [6, 6.07) is 19.9. The fraction of sp³-hybridized carbons (Fsp3) is 0.211. The maximum atomic E-state index is 12.3. The Balaban J connectivity index is 1.55. The van der Waals surface area contributed by atoms with E-state index in [1.165, 1.54) is 28.7 Å². The van der Waals surface area contributed by atoms with Crippen LogP contribution < -0.4 is 5.32 Å². The second-order valence-corrected chi connectivity index (χ2v) is 8.88. The normalized spacial score (nSPS) is 11.9. The van der Waals surface area contributed by atoms with E-state index in [-0.39, 0.29) is 11.2 Å². The van der Waals surface area contributed by atoms with E-state index < -0.39 is 0 Å². The molecule has 0 unspecified atom stereocenters. The highest BCUT2D eigenvalue weighted by Crippen LogP contribution is 2.27. The minimum atomic E-state index is -0.226. The number of nitrogens with one attached hydrogen (secondary N) is 1. The number of rotatable bonds is 7. The summed E-state index contributed by atoms with van der Waals surface area (Å²) in [4.78, 5) is 12.3. The summed E-state index contributed by atoms with van der Waals surface area (Å²) in [6.45, 7) is 2.52. The Morgan fingerprint density at radius 2 is 1.85 bits per heavy atom. The number of carbonyl (C=O) groups is 1. The highest BCUT2D eigenvalue weighted by molar-refractivity contribution is 8.02. The van der Waals surface area contributed by atoms with Crippen molar-refractivity contribution in [1.82, 2.24) is 15.1 Å². The third-order valence-corrected chi connectivity index (χ3v) is 6.15. The van der Waals surface area contributed by atoms with E-state index in [0.29, 0.717) is 10.5 Å². The molecule has 1 N–H and O–H groups in total. The largest absolute Gasteiger partial charge is 0.355 e. The standard InChI is InChI=1S/C19H19N3OS3/c1-14(17(23)20-13-12-15-8-4-2-5-9-15)25-18-21-22(19(24)26-18)16-10-6-3-7-11-16/h2-11,14H,12-13H2,1H3,(H,20,23)/t14-/m0/s1. The van der Waals surface area contributed by atoms with E-state index >= 15 is 0 Å². The van der Waals surface area contributed by atoms with Crippen LogP contribution in [0.3, 0.4) is 0 Å². The molecule has 4 nitrogen and oxygen atoms in total. The molecule has 3 aromatic rings. The zero-order chi connectivity index (χ0) is 18.4. The Bertz CT molecular complexity index is 907. The van der Waals surface area contributed by atoms with E-state index in [2.05, 4.69) is 22.5 Å². The smallest absolute Gasteiger partial charge is 0.233 e. The van der Waals surface area contributed by atoms with Crippen molar-refractivity contribution in [2.45, 2.75) is 22.9 Å². The van der Waals surface area contributed by atoms with Crippen LogP contribution in [0.25, 0.3) is 5.69 Å². The van der Waals surface area contributed by atoms with E-state index in [4.69, 9.17) is 12.2 Å². The summed E-state index contributed by atoms with van der Waals surface area (Å²) in [5.74, 6) is 0.0123. The van der Waals surface area contributed by atoms with E-state index in [9.17, 15) is 4.79 Å². The van der Waals surface area contributed by atoms with Crippen molar-refractivity contribution in [3.63, 3.8) is 0 Å². The van der Waals surface area contributed by atoms with Crippen molar-refractivity contribution >= 4 is 41.2 Å². The molecule has 2 aromatic carbocycles. The van der Waals surface area contributed by atoms with E-state index in [1.54, 1.807) is 4.68 Å². The van der Waals surface area contributed by atoms with Crippen molar-refractivity contribution in [3.05, 3.63) is 70.2 Å². The average Bonchev–Trinajstić information content (AvgIpc) is 3.03. The molecule has 0 fully saturated rings. The summed E-state index contributed by atoms with van der Waals surface area (Å²) < 4.78 is 3.21. The molecular weight excluding hydrogens is 382 g/mol. The number of benzene rings is 2. The van der Waals surface area contributed by atoms with Gasteiger partial charge in [-0.1, -0.05) is 71.6 Å². The van der Waals surface area contributed by atoms with Crippen LogP contribution in [-0.2, 0) is 11.2 Å². The summed E-state index contributed by atoms with van der Waals surface area (Å²) in [7, 11) is 0. The number of nitrogens with zero attached hydrogens (tertiary/aromatic N) is 2. The Kier molecular flexibility index (Phi) is 6.60. The molecule has 3 rings (SSSR count). The van der Waals surface area contributed by atoms with Gasteiger partial charge in [-0.15, -0.1) is 5.10 Å². The number of hydrogen-bond donors (Lipinski definition) is 1. The third kappa shape index (κ3) is 5.03. The molecular formula is C19H19N3OS3. The van der Waals surface area contributed by atoms with Gasteiger partial charge in [0, 0.05) is 6.54 Å². The lowest BCUT2D eigenvalue weighted by Crippen LogP contribution is -2.32. The van der Waals surface area contributed by atoms with Crippen LogP contribution in [-0.4, -0.2) is 27.5 Å². The first kappa shape index (κ1) is 18.8. The first-order valence-electron chi connectivity index (χ1n) is 8.27. The van der Waals surface area contributed by atoms with Crippen LogP contribution in [0.2, 0.25) is 0 Å². The van der Waals surface area contributed by atoms with Gasteiger partial charge >= 0.3 is 0 Å². The van der Waals surface area contributed by atoms with Crippen molar-refractivity contribution in [2.75, 3.05) is 6.54 Å². The van der Waals surface area contributed by atoms with Gasteiger partial charge in [0.15, 0.2) is 8.29 Å². The molecule has 1 heterocycles. The summed E-state index contributed by atoms with van der Waals surface area (Å²) in [6.07, 6.45) is 0.825. The second kappa shape index (κ2) is 9.12. The van der Waals surface area contributed by atoms with Gasteiger partial charge in [-0.25, -0.2) is 4.68 Å². The van der Waals surface area contributed by atoms with Gasteiger partial charge in [-0.2, -0.15) is 0 Å². The number of para-hydroxylation sites is 1. The summed E-state index contributed by atoms with van der Waals surface area (Å²) in [5.41, 5.74) is 2.15. The third-order valence-electron chi connectivity index (χ3n) is 3.73. The van der Waals surface area contributed by atoms with Crippen molar-refractivity contribution in [1.29, 1.82) is 0 Å². The fourth-order valence-electron chi connectivity index (χ4n) is 2.36. The number of hydrogen-bond acceptors (Lipinski definition) is 5. The van der Waals surface area contributed by atoms with Crippen molar-refractivity contribution < 1.29 is 4.79 Å². The molecule has 0 aliphatic rings. The highest BCUT2D eigenvalue weighted by atomic mass is 32.2. The molecule has 0 bridgehead atoms.